The molecule has 0 saturated heterocycles. The Bertz CT molecular complexity index is 1160. The van der Waals surface area contributed by atoms with Crippen LogP contribution in [0.1, 0.15) is 11.1 Å². The van der Waals surface area contributed by atoms with Gasteiger partial charge >= 0.3 is 0 Å². The van der Waals surface area contributed by atoms with E-state index in [1.807, 2.05) is 26.0 Å². The normalized spacial score (nSPS) is 11.2. The minimum absolute atomic E-state index is 0.108. The van der Waals surface area contributed by atoms with Gasteiger partial charge in [-0.25, -0.2) is 17.2 Å². The fourth-order valence-corrected chi connectivity index (χ4v) is 4.35. The number of benzene rings is 3. The summed E-state index contributed by atoms with van der Waals surface area (Å²) in [5.74, 6) is -1.70. The van der Waals surface area contributed by atoms with Gasteiger partial charge in [0.1, 0.15) is 18.2 Å². The van der Waals surface area contributed by atoms with Crippen LogP contribution in [0, 0.1) is 25.5 Å². The molecule has 0 spiro atoms. The van der Waals surface area contributed by atoms with E-state index in [0.717, 1.165) is 51.8 Å². The van der Waals surface area contributed by atoms with Crippen LogP contribution in [0.25, 0.3) is 0 Å². The van der Waals surface area contributed by atoms with Gasteiger partial charge in [0.2, 0.25) is 5.91 Å². The van der Waals surface area contributed by atoms with Crippen LogP contribution in [-0.4, -0.2) is 20.9 Å². The molecule has 0 aliphatic carbocycles. The lowest BCUT2D eigenvalue weighted by Gasteiger charge is -2.24. The number of aryl methyl sites for hydroxylation is 2. The Morgan fingerprint density at radius 3 is 2.03 bits per heavy atom. The van der Waals surface area contributed by atoms with Gasteiger partial charge in [0.25, 0.3) is 10.0 Å². The quantitative estimate of drug-likeness (QED) is 0.630. The minimum atomic E-state index is -4.20. The van der Waals surface area contributed by atoms with E-state index in [1.54, 1.807) is 6.07 Å². The van der Waals surface area contributed by atoms with Gasteiger partial charge in [-0.3, -0.25) is 9.10 Å². The number of nitrogens with one attached hydrogen (secondary N) is 1. The zero-order valence-corrected chi connectivity index (χ0v) is 17.2. The summed E-state index contributed by atoms with van der Waals surface area (Å²) in [6, 6.07) is 14.5. The van der Waals surface area contributed by atoms with Gasteiger partial charge in [0.05, 0.1) is 10.6 Å². The first kappa shape index (κ1) is 21.4. The number of carbonyl (C=O) groups excluding carboxylic acids is 1. The van der Waals surface area contributed by atoms with E-state index in [-0.39, 0.29) is 10.6 Å². The van der Waals surface area contributed by atoms with E-state index in [4.69, 9.17) is 0 Å². The highest BCUT2D eigenvalue weighted by Gasteiger charge is 2.27. The molecule has 0 radical (unpaired) electrons. The van der Waals surface area contributed by atoms with Gasteiger partial charge in [-0.1, -0.05) is 17.7 Å². The Hall–Kier alpha value is -3.26. The molecular weight excluding hydrogens is 410 g/mol. The second-order valence-electron chi connectivity index (χ2n) is 6.81. The van der Waals surface area contributed by atoms with Gasteiger partial charge in [-0.05, 0) is 74.0 Å². The molecule has 1 amide bonds. The van der Waals surface area contributed by atoms with Gasteiger partial charge in [-0.15, -0.1) is 0 Å². The maximum Gasteiger partial charge on any atom is 0.264 e. The Kier molecular flexibility index (Phi) is 6.17. The highest BCUT2D eigenvalue weighted by Crippen LogP contribution is 2.25. The molecule has 5 nitrogen and oxygen atoms in total. The average Bonchev–Trinajstić information content (AvgIpc) is 2.69. The third-order valence-corrected chi connectivity index (χ3v) is 6.25. The monoisotopic (exact) mass is 430 g/mol. The molecule has 0 saturated carbocycles. The smallest absolute Gasteiger partial charge is 0.264 e. The van der Waals surface area contributed by atoms with Crippen molar-refractivity contribution in [3.63, 3.8) is 0 Å². The molecule has 30 heavy (non-hydrogen) atoms. The number of sulfonamides is 1. The van der Waals surface area contributed by atoms with Crippen molar-refractivity contribution >= 4 is 27.3 Å². The third-order valence-electron chi connectivity index (χ3n) is 4.46. The molecule has 3 rings (SSSR count). The Balaban J connectivity index is 1.94. The van der Waals surface area contributed by atoms with Crippen molar-refractivity contribution in [2.24, 2.45) is 0 Å². The van der Waals surface area contributed by atoms with Crippen molar-refractivity contribution in [1.29, 1.82) is 0 Å². The van der Waals surface area contributed by atoms with E-state index in [0.29, 0.717) is 5.69 Å². The number of rotatable bonds is 6. The first-order valence-electron chi connectivity index (χ1n) is 9.08. The number of anilines is 2. The van der Waals surface area contributed by atoms with Crippen LogP contribution in [0.3, 0.4) is 0 Å². The summed E-state index contributed by atoms with van der Waals surface area (Å²) in [5.41, 5.74) is 2.52. The third kappa shape index (κ3) is 4.83. The van der Waals surface area contributed by atoms with Crippen molar-refractivity contribution < 1.29 is 22.0 Å². The molecule has 0 heterocycles. The zero-order chi connectivity index (χ0) is 21.9. The van der Waals surface area contributed by atoms with Crippen LogP contribution >= 0.6 is 0 Å². The lowest BCUT2D eigenvalue weighted by molar-refractivity contribution is -0.114. The van der Waals surface area contributed by atoms with Crippen LogP contribution in [-0.2, 0) is 14.8 Å². The molecule has 0 aromatic heterocycles. The van der Waals surface area contributed by atoms with Crippen LogP contribution in [0.4, 0.5) is 20.2 Å². The topological polar surface area (TPSA) is 66.5 Å². The first-order valence-corrected chi connectivity index (χ1v) is 10.5. The SMILES string of the molecule is Cc1ccc(NC(=O)CN(c2ccc(F)cc2)S(=O)(=O)c2ccc(F)cc2)c(C)c1. The second-order valence-corrected chi connectivity index (χ2v) is 8.67. The van der Waals surface area contributed by atoms with E-state index in [1.165, 1.54) is 12.1 Å². The van der Waals surface area contributed by atoms with Crippen molar-refractivity contribution in [3.8, 4) is 0 Å². The number of nitrogens with zero attached hydrogens (tertiary/aromatic N) is 1. The Labute approximate surface area is 174 Å². The number of hydrogen-bond donors (Lipinski definition) is 1. The van der Waals surface area contributed by atoms with Crippen LogP contribution in [0.15, 0.2) is 71.6 Å². The van der Waals surface area contributed by atoms with E-state index < -0.39 is 34.1 Å². The van der Waals surface area contributed by atoms with Gasteiger partial charge in [0, 0.05) is 5.69 Å². The molecule has 3 aromatic rings. The number of carbonyl (C=O) groups is 1. The molecule has 0 aliphatic rings. The van der Waals surface area contributed by atoms with Crippen molar-refractivity contribution in [2.75, 3.05) is 16.2 Å². The first-order chi connectivity index (χ1) is 14.2. The highest BCUT2D eigenvalue weighted by molar-refractivity contribution is 7.92. The summed E-state index contributed by atoms with van der Waals surface area (Å²) >= 11 is 0. The summed E-state index contributed by atoms with van der Waals surface area (Å²) in [6.45, 7) is 3.21. The Morgan fingerprint density at radius 2 is 1.47 bits per heavy atom. The lowest BCUT2D eigenvalue weighted by Crippen LogP contribution is -2.38. The zero-order valence-electron chi connectivity index (χ0n) is 16.4. The molecular formula is C22H20F2N2O3S. The molecule has 0 unspecified atom stereocenters. The summed E-state index contributed by atoms with van der Waals surface area (Å²) in [7, 11) is -4.20. The highest BCUT2D eigenvalue weighted by atomic mass is 32.2. The van der Waals surface area contributed by atoms with Crippen molar-refractivity contribution in [3.05, 3.63) is 89.5 Å². The number of hydrogen-bond acceptors (Lipinski definition) is 3. The molecule has 1 N–H and O–H groups in total. The van der Waals surface area contributed by atoms with E-state index in [2.05, 4.69) is 5.32 Å². The Morgan fingerprint density at radius 1 is 0.900 bits per heavy atom. The second kappa shape index (κ2) is 8.62. The maximum absolute atomic E-state index is 13.4. The summed E-state index contributed by atoms with van der Waals surface area (Å²) in [4.78, 5) is 12.5. The molecule has 156 valence electrons. The van der Waals surface area contributed by atoms with Gasteiger partial charge in [0.15, 0.2) is 0 Å². The predicted molar refractivity (Wildman–Crippen MR) is 112 cm³/mol. The minimum Gasteiger partial charge on any atom is -0.324 e. The number of amides is 1. The summed E-state index contributed by atoms with van der Waals surface area (Å²) < 4.78 is 53.8. The van der Waals surface area contributed by atoms with Gasteiger partial charge in [-0.2, -0.15) is 0 Å². The molecule has 0 bridgehead atoms. The molecule has 0 aliphatic heterocycles. The molecule has 0 fully saturated rings. The summed E-state index contributed by atoms with van der Waals surface area (Å²) in [6.07, 6.45) is 0. The average molecular weight is 430 g/mol. The maximum atomic E-state index is 13.4. The van der Waals surface area contributed by atoms with Crippen molar-refractivity contribution in [2.45, 2.75) is 18.7 Å². The molecule has 8 heteroatoms. The van der Waals surface area contributed by atoms with Crippen LogP contribution in [0.5, 0.6) is 0 Å². The van der Waals surface area contributed by atoms with Crippen LogP contribution < -0.4 is 9.62 Å². The fraction of sp³-hybridized carbons (Fsp3) is 0.136. The van der Waals surface area contributed by atoms with Crippen LogP contribution in [0.2, 0.25) is 0 Å². The van der Waals surface area contributed by atoms with E-state index >= 15 is 0 Å². The summed E-state index contributed by atoms with van der Waals surface area (Å²) in [5, 5.41) is 2.70. The van der Waals surface area contributed by atoms with E-state index in [9.17, 15) is 22.0 Å². The lowest BCUT2D eigenvalue weighted by atomic mass is 10.1. The predicted octanol–water partition coefficient (Wildman–Crippen LogP) is 4.42. The van der Waals surface area contributed by atoms with Crippen molar-refractivity contribution in [1.82, 2.24) is 0 Å². The fourth-order valence-electron chi connectivity index (χ4n) is 2.93. The molecule has 0 atom stereocenters. The largest absolute Gasteiger partial charge is 0.324 e. The molecule has 3 aromatic carbocycles. The van der Waals surface area contributed by atoms with Gasteiger partial charge < -0.3 is 5.32 Å². The number of halogens is 2. The standard InChI is InChI=1S/C22H20F2N2O3S/c1-15-3-12-21(16(2)13-15)25-22(27)14-26(19-8-4-17(23)5-9-19)30(28,29)20-10-6-18(24)7-11-20/h3-13H,14H2,1-2H3,(H,25,27).